The second-order valence-corrected chi connectivity index (χ2v) is 6.60. The van der Waals surface area contributed by atoms with E-state index in [4.69, 9.17) is 11.6 Å². The number of aryl methyl sites for hydroxylation is 2. The molecule has 1 heterocycles. The Balaban J connectivity index is 2.15. The Morgan fingerprint density at radius 2 is 1.95 bits per heavy atom. The summed E-state index contributed by atoms with van der Waals surface area (Å²) in [6.07, 6.45) is 0. The molecule has 0 spiro atoms. The van der Waals surface area contributed by atoms with E-state index in [1.54, 1.807) is 11.8 Å². The van der Waals surface area contributed by atoms with Crippen LogP contribution in [0.15, 0.2) is 29.2 Å². The third-order valence-electron chi connectivity index (χ3n) is 3.07. The molecule has 0 atom stereocenters. The highest BCUT2D eigenvalue weighted by molar-refractivity contribution is 7.98. The van der Waals surface area contributed by atoms with Crippen molar-refractivity contribution in [3.63, 3.8) is 0 Å². The lowest BCUT2D eigenvalue weighted by Crippen LogP contribution is -2.03. The first kappa shape index (κ1) is 15.3. The lowest BCUT2D eigenvalue weighted by molar-refractivity contribution is 0.817. The van der Waals surface area contributed by atoms with Crippen LogP contribution in [-0.4, -0.2) is 9.97 Å². The smallest absolute Gasteiger partial charge is 0.140 e. The molecule has 0 radical (unpaired) electrons. The Morgan fingerprint density at radius 1 is 1.20 bits per heavy atom. The highest BCUT2D eigenvalue weighted by Gasteiger charge is 2.13. The van der Waals surface area contributed by atoms with E-state index in [1.807, 2.05) is 6.92 Å². The zero-order valence-corrected chi connectivity index (χ0v) is 13.8. The molecule has 2 aromatic rings. The largest absolute Gasteiger partial charge is 0.237 e. The molecular weight excluding hydrogens is 288 g/mol. The lowest BCUT2D eigenvalue weighted by Gasteiger charge is -2.12. The molecule has 0 N–H and O–H groups in total. The first-order valence-corrected chi connectivity index (χ1v) is 8.06. The second-order valence-electron chi connectivity index (χ2n) is 5.19. The maximum atomic E-state index is 6.28. The van der Waals surface area contributed by atoms with Gasteiger partial charge >= 0.3 is 0 Å². The van der Waals surface area contributed by atoms with Crippen molar-refractivity contribution in [3.05, 3.63) is 52.1 Å². The van der Waals surface area contributed by atoms with E-state index in [-0.39, 0.29) is 0 Å². The third-order valence-corrected chi connectivity index (χ3v) is 4.35. The van der Waals surface area contributed by atoms with E-state index in [2.05, 4.69) is 55.0 Å². The van der Waals surface area contributed by atoms with Gasteiger partial charge in [-0.3, -0.25) is 0 Å². The molecule has 0 amide bonds. The molecule has 20 heavy (non-hydrogen) atoms. The molecule has 0 aliphatic rings. The highest BCUT2D eigenvalue weighted by atomic mass is 35.5. The van der Waals surface area contributed by atoms with Gasteiger partial charge < -0.3 is 0 Å². The van der Waals surface area contributed by atoms with Gasteiger partial charge in [-0.15, -0.1) is 11.8 Å². The average Bonchev–Trinajstić information content (AvgIpc) is 2.35. The number of rotatable bonds is 4. The standard InChI is InChI=1S/C16H19ClN2S/c1-10(2)15-12(4)18-14(19-16(15)17)9-20-13-7-5-6-11(3)8-13/h5-8,10H,9H2,1-4H3. The number of nitrogens with zero attached hydrogens (tertiary/aromatic N) is 2. The number of hydrogen-bond acceptors (Lipinski definition) is 3. The number of halogens is 1. The molecule has 106 valence electrons. The molecule has 2 rings (SSSR count). The minimum absolute atomic E-state index is 0.348. The Hall–Kier alpha value is -1.06. The van der Waals surface area contributed by atoms with Crippen LogP contribution >= 0.6 is 23.4 Å². The van der Waals surface area contributed by atoms with Crippen molar-refractivity contribution >= 4 is 23.4 Å². The summed E-state index contributed by atoms with van der Waals surface area (Å²) in [5, 5.41) is 0.590. The molecular formula is C16H19ClN2S. The minimum atomic E-state index is 0.348. The molecule has 0 aliphatic heterocycles. The minimum Gasteiger partial charge on any atom is -0.237 e. The average molecular weight is 307 g/mol. The fourth-order valence-corrected chi connectivity index (χ4v) is 3.50. The van der Waals surface area contributed by atoms with Crippen LogP contribution in [0.25, 0.3) is 0 Å². The van der Waals surface area contributed by atoms with Gasteiger partial charge in [0, 0.05) is 16.2 Å². The summed E-state index contributed by atoms with van der Waals surface area (Å²) in [4.78, 5) is 10.2. The Morgan fingerprint density at radius 3 is 2.55 bits per heavy atom. The summed E-state index contributed by atoms with van der Waals surface area (Å²) in [6.45, 7) is 8.32. The summed E-state index contributed by atoms with van der Waals surface area (Å²) < 4.78 is 0. The van der Waals surface area contributed by atoms with Crippen LogP contribution in [-0.2, 0) is 5.75 Å². The molecule has 0 bridgehead atoms. The fraction of sp³-hybridized carbons (Fsp3) is 0.375. The lowest BCUT2D eigenvalue weighted by atomic mass is 10.0. The molecule has 2 nitrogen and oxygen atoms in total. The number of aromatic nitrogens is 2. The maximum absolute atomic E-state index is 6.28. The monoisotopic (exact) mass is 306 g/mol. The Kier molecular flexibility index (Phi) is 5.06. The van der Waals surface area contributed by atoms with Gasteiger partial charge in [0.05, 0.1) is 5.75 Å². The van der Waals surface area contributed by atoms with Crippen LogP contribution < -0.4 is 0 Å². The molecule has 4 heteroatoms. The van der Waals surface area contributed by atoms with E-state index in [0.29, 0.717) is 11.1 Å². The van der Waals surface area contributed by atoms with Crippen molar-refractivity contribution in [3.8, 4) is 0 Å². The van der Waals surface area contributed by atoms with Crippen LogP contribution in [0.5, 0.6) is 0 Å². The second kappa shape index (κ2) is 6.59. The molecule has 1 aromatic carbocycles. The van der Waals surface area contributed by atoms with E-state index in [9.17, 15) is 0 Å². The summed E-state index contributed by atoms with van der Waals surface area (Å²) >= 11 is 8.01. The van der Waals surface area contributed by atoms with Gasteiger partial charge in [0.2, 0.25) is 0 Å². The number of thioether (sulfide) groups is 1. The quantitative estimate of drug-likeness (QED) is 0.576. The SMILES string of the molecule is Cc1cccc(SCc2nc(C)c(C(C)C)c(Cl)n2)c1. The van der Waals surface area contributed by atoms with Crippen molar-refractivity contribution in [1.82, 2.24) is 9.97 Å². The van der Waals surface area contributed by atoms with E-state index in [1.165, 1.54) is 10.5 Å². The zero-order valence-electron chi connectivity index (χ0n) is 12.3. The van der Waals surface area contributed by atoms with Gasteiger partial charge in [0.25, 0.3) is 0 Å². The normalized spacial score (nSPS) is 11.1. The summed E-state index contributed by atoms with van der Waals surface area (Å²) in [7, 11) is 0. The van der Waals surface area contributed by atoms with E-state index in [0.717, 1.165) is 22.8 Å². The van der Waals surface area contributed by atoms with Gasteiger partial charge in [-0.2, -0.15) is 0 Å². The molecule has 0 saturated heterocycles. The van der Waals surface area contributed by atoms with Gasteiger partial charge in [0.15, 0.2) is 0 Å². The van der Waals surface area contributed by atoms with Crippen LogP contribution in [0.3, 0.4) is 0 Å². The molecule has 0 fully saturated rings. The van der Waals surface area contributed by atoms with Crippen molar-refractivity contribution < 1.29 is 0 Å². The maximum Gasteiger partial charge on any atom is 0.140 e. The topological polar surface area (TPSA) is 25.8 Å². The van der Waals surface area contributed by atoms with Gasteiger partial charge in [-0.05, 0) is 31.9 Å². The molecule has 1 aromatic heterocycles. The van der Waals surface area contributed by atoms with Crippen LogP contribution in [0, 0.1) is 13.8 Å². The van der Waals surface area contributed by atoms with Gasteiger partial charge in [-0.25, -0.2) is 9.97 Å². The van der Waals surface area contributed by atoms with Crippen molar-refractivity contribution in [2.45, 2.75) is 44.3 Å². The predicted octanol–water partition coefficient (Wildman–Crippen LogP) is 5.16. The van der Waals surface area contributed by atoms with E-state index < -0.39 is 0 Å². The molecule has 0 aliphatic carbocycles. The van der Waals surface area contributed by atoms with Crippen LogP contribution in [0.1, 0.15) is 42.4 Å². The van der Waals surface area contributed by atoms with Crippen LogP contribution in [0.2, 0.25) is 5.15 Å². The number of benzene rings is 1. The summed E-state index contributed by atoms with van der Waals surface area (Å²) in [5.74, 6) is 1.88. The van der Waals surface area contributed by atoms with Gasteiger partial charge in [0.1, 0.15) is 11.0 Å². The van der Waals surface area contributed by atoms with Crippen molar-refractivity contribution in [2.24, 2.45) is 0 Å². The van der Waals surface area contributed by atoms with Crippen molar-refractivity contribution in [2.75, 3.05) is 0 Å². The molecule has 0 saturated carbocycles. The van der Waals surface area contributed by atoms with Crippen LogP contribution in [0.4, 0.5) is 0 Å². The fourth-order valence-electron chi connectivity index (χ4n) is 2.18. The predicted molar refractivity (Wildman–Crippen MR) is 86.6 cm³/mol. The van der Waals surface area contributed by atoms with Crippen molar-refractivity contribution in [1.29, 1.82) is 0 Å². The van der Waals surface area contributed by atoms with E-state index >= 15 is 0 Å². The Labute approximate surface area is 130 Å². The summed E-state index contributed by atoms with van der Waals surface area (Å²) in [6, 6.07) is 8.44. The first-order valence-electron chi connectivity index (χ1n) is 6.69. The first-order chi connectivity index (χ1) is 9.47. The Bertz CT molecular complexity index is 588. The third kappa shape index (κ3) is 3.74. The highest BCUT2D eigenvalue weighted by Crippen LogP contribution is 2.27. The van der Waals surface area contributed by atoms with Gasteiger partial charge in [-0.1, -0.05) is 43.1 Å². The number of hydrogen-bond donors (Lipinski definition) is 0. The summed E-state index contributed by atoms with van der Waals surface area (Å²) in [5.41, 5.74) is 3.30. The molecule has 0 unspecified atom stereocenters. The zero-order chi connectivity index (χ0) is 14.7.